The summed E-state index contributed by atoms with van der Waals surface area (Å²) in [7, 11) is -5.29. The fourth-order valence-electron chi connectivity index (χ4n) is 8.61. The number of hydrogen-bond donors (Lipinski definition) is 0. The summed E-state index contributed by atoms with van der Waals surface area (Å²) in [4.78, 5) is 0. The van der Waals surface area contributed by atoms with Gasteiger partial charge >= 0.3 is 0 Å². The molecule has 0 aliphatic heterocycles. The molecule has 0 bridgehead atoms. The van der Waals surface area contributed by atoms with Gasteiger partial charge in [0.2, 0.25) is 0 Å². The summed E-state index contributed by atoms with van der Waals surface area (Å²) in [5.41, 5.74) is 5.59. The monoisotopic (exact) mass is 969 g/mol. The molecule has 0 spiro atoms. The van der Waals surface area contributed by atoms with Gasteiger partial charge in [0.25, 0.3) is 0 Å². The Morgan fingerprint density at radius 2 is 0.689 bits per heavy atom. The standard InChI is InChI=1S/C51H100O2Si8/c1-51(2,47-25-27-49(52-29-21-37-60(15,16)41-33-56(7)8)45(43-47)23-19-35-58(11,12)39-31-54(3)4)48-26-28-50(53-30-22-38-61(17,18)42-34-57(9)10)46(44-48)24-20-36-59(13,14)40-32-55(5)6/h25-28,43-44H,19-24,29-42H2,1-18H3. The van der Waals surface area contributed by atoms with Gasteiger partial charge in [0.15, 0.2) is 0 Å². The van der Waals surface area contributed by atoms with E-state index in [4.69, 9.17) is 9.47 Å². The van der Waals surface area contributed by atoms with Gasteiger partial charge in [0.05, 0.1) is 13.2 Å². The van der Waals surface area contributed by atoms with Gasteiger partial charge in [0.1, 0.15) is 11.5 Å². The minimum Gasteiger partial charge on any atom is -0.493 e. The zero-order valence-corrected chi connectivity index (χ0v) is 51.9. The Hall–Kier alpha value is -0.225. The zero-order valence-electron chi connectivity index (χ0n) is 43.9. The molecule has 0 saturated carbocycles. The number of ether oxygens (including phenoxy) is 2. The van der Waals surface area contributed by atoms with Crippen molar-refractivity contribution >= 4 is 67.5 Å². The van der Waals surface area contributed by atoms with E-state index in [2.05, 4.69) is 155 Å². The van der Waals surface area contributed by atoms with Crippen LogP contribution < -0.4 is 9.47 Å². The van der Waals surface area contributed by atoms with E-state index in [-0.39, 0.29) is 40.6 Å². The van der Waals surface area contributed by atoms with Crippen LogP contribution >= 0.6 is 0 Å². The molecule has 2 nitrogen and oxygen atoms in total. The van der Waals surface area contributed by atoms with Crippen LogP contribution in [0, 0.1) is 0 Å². The first-order valence-electron chi connectivity index (χ1n) is 24.9. The molecule has 4 radical (unpaired) electrons. The van der Waals surface area contributed by atoms with Crippen LogP contribution in [0.3, 0.4) is 0 Å². The van der Waals surface area contributed by atoms with E-state index in [0.717, 1.165) is 37.6 Å². The van der Waals surface area contributed by atoms with Gasteiger partial charge in [-0.2, -0.15) is 0 Å². The van der Waals surface area contributed by atoms with Gasteiger partial charge < -0.3 is 9.47 Å². The Labute approximate surface area is 392 Å². The van der Waals surface area contributed by atoms with Crippen molar-refractivity contribution in [2.45, 2.75) is 235 Å². The minimum absolute atomic E-state index is 0.118. The van der Waals surface area contributed by atoms with Gasteiger partial charge in [-0.1, -0.05) is 228 Å². The van der Waals surface area contributed by atoms with E-state index < -0.39 is 32.3 Å². The van der Waals surface area contributed by atoms with Crippen molar-refractivity contribution in [1.82, 2.24) is 0 Å². The van der Waals surface area contributed by atoms with Gasteiger partial charge in [-0.05, 0) is 60.1 Å². The molecule has 348 valence electrons. The zero-order chi connectivity index (χ0) is 46.1. The van der Waals surface area contributed by atoms with E-state index in [0.29, 0.717) is 0 Å². The number of hydrogen-bond acceptors (Lipinski definition) is 2. The van der Waals surface area contributed by atoms with Crippen molar-refractivity contribution in [3.63, 3.8) is 0 Å². The maximum atomic E-state index is 6.76. The normalized spacial score (nSPS) is 13.3. The molecule has 0 fully saturated rings. The van der Waals surface area contributed by atoms with E-state index in [1.807, 2.05) is 0 Å². The van der Waals surface area contributed by atoms with Gasteiger partial charge in [-0.15, -0.1) is 0 Å². The van der Waals surface area contributed by atoms with Crippen LogP contribution in [0.25, 0.3) is 0 Å². The third-order valence-corrected chi connectivity index (χ3v) is 34.1. The maximum Gasteiger partial charge on any atom is 0.122 e. The molecule has 0 amide bonds. The Morgan fingerprint density at radius 3 is 0.967 bits per heavy atom. The fraction of sp³-hybridized carbons (Fsp3) is 0.765. The first kappa shape index (κ1) is 56.9. The lowest BCUT2D eigenvalue weighted by Gasteiger charge is -2.29. The summed E-state index contributed by atoms with van der Waals surface area (Å²) < 4.78 is 13.5. The topological polar surface area (TPSA) is 18.5 Å². The van der Waals surface area contributed by atoms with Crippen LogP contribution in [-0.4, -0.2) is 80.7 Å². The SMILES string of the molecule is C[Si](C)CC[Si](C)(C)CCCOc1ccc(C(C)(C)c2ccc(OCCC[Si](C)(C)CC[Si](C)C)c(CCC[Si](C)(C)CC[Si](C)C)c2)cc1CCC[Si](C)(C)CC[Si](C)C. The molecule has 0 heterocycles. The predicted molar refractivity (Wildman–Crippen MR) is 299 cm³/mol. The highest BCUT2D eigenvalue weighted by Gasteiger charge is 2.28. The van der Waals surface area contributed by atoms with Gasteiger partial charge in [-0.25, -0.2) is 0 Å². The second-order valence-corrected chi connectivity index (χ2v) is 57.3. The first-order valence-corrected chi connectivity index (χ1v) is 49.4. The molecule has 0 aliphatic carbocycles. The lowest BCUT2D eigenvalue weighted by Crippen LogP contribution is -2.27. The van der Waals surface area contributed by atoms with Crippen molar-refractivity contribution in [2.24, 2.45) is 0 Å². The third-order valence-electron chi connectivity index (χ3n) is 13.9. The maximum absolute atomic E-state index is 6.76. The van der Waals surface area contributed by atoms with Gasteiger partial charge in [-0.3, -0.25) is 0 Å². The molecule has 0 aromatic heterocycles. The van der Waals surface area contributed by atoms with E-state index in [9.17, 15) is 0 Å². The van der Waals surface area contributed by atoms with E-state index in [1.54, 1.807) is 0 Å². The Kier molecular flexibility index (Phi) is 25.0. The fourth-order valence-corrected chi connectivity index (χ4v) is 32.9. The largest absolute Gasteiger partial charge is 0.493 e. The summed E-state index contributed by atoms with van der Waals surface area (Å²) >= 11 is 0. The molecule has 61 heavy (non-hydrogen) atoms. The summed E-state index contributed by atoms with van der Waals surface area (Å²) in [6.45, 7) is 47.4. The number of aryl methyl sites for hydroxylation is 2. The van der Waals surface area contributed by atoms with Crippen LogP contribution in [-0.2, 0) is 18.3 Å². The molecule has 0 atom stereocenters. The Balaban J connectivity index is 2.40. The quantitative estimate of drug-likeness (QED) is 0.0537. The molecule has 2 aromatic rings. The molecule has 10 heteroatoms. The molecule has 0 aliphatic rings. The molecule has 0 N–H and O–H groups in total. The van der Waals surface area contributed by atoms with Crippen molar-refractivity contribution in [3.05, 3.63) is 58.7 Å². The summed E-state index contributed by atoms with van der Waals surface area (Å²) in [5.74, 6) is 2.29. The highest BCUT2D eigenvalue weighted by molar-refractivity contribution is 6.80. The number of rotatable bonds is 32. The van der Waals surface area contributed by atoms with Crippen LogP contribution in [0.4, 0.5) is 0 Å². The molecular formula is C51H100O2Si8. The highest BCUT2D eigenvalue weighted by Crippen LogP contribution is 2.38. The molecule has 2 rings (SSSR count). The molecule has 0 unspecified atom stereocenters. The second-order valence-electron chi connectivity index (χ2n) is 24.4. The molecule has 0 saturated heterocycles. The predicted octanol–water partition coefficient (Wildman–Crippen LogP) is 17.3. The average molecular weight is 970 g/mol. The highest BCUT2D eigenvalue weighted by atomic mass is 28.3. The van der Waals surface area contributed by atoms with E-state index >= 15 is 0 Å². The van der Waals surface area contributed by atoms with Gasteiger partial charge in [0, 0.05) is 72.9 Å². The first-order chi connectivity index (χ1) is 28.2. The average Bonchev–Trinajstić information content (AvgIpc) is 3.15. The molecular weight excluding hydrogens is 869 g/mol. The summed E-state index contributed by atoms with van der Waals surface area (Å²) in [5, 5.41) is 0. The lowest BCUT2D eigenvalue weighted by atomic mass is 9.76. The van der Waals surface area contributed by atoms with E-state index in [1.165, 1.54) is 120 Å². The van der Waals surface area contributed by atoms with Crippen LogP contribution in [0.5, 0.6) is 11.5 Å². The minimum atomic E-state index is -1.20. The summed E-state index contributed by atoms with van der Waals surface area (Å²) in [6.07, 6.45) is 7.18. The lowest BCUT2D eigenvalue weighted by molar-refractivity contribution is 0.313. The van der Waals surface area contributed by atoms with Crippen molar-refractivity contribution in [2.75, 3.05) is 13.2 Å². The Morgan fingerprint density at radius 1 is 0.410 bits per heavy atom. The summed E-state index contributed by atoms with van der Waals surface area (Å²) in [6, 6.07) is 32.0. The molecule has 2 aromatic carbocycles. The third kappa shape index (κ3) is 23.7. The van der Waals surface area contributed by atoms with Crippen LogP contribution in [0.15, 0.2) is 36.4 Å². The van der Waals surface area contributed by atoms with Crippen molar-refractivity contribution in [3.8, 4) is 11.5 Å². The van der Waals surface area contributed by atoms with Crippen molar-refractivity contribution in [1.29, 1.82) is 0 Å². The Bertz CT molecular complexity index is 1420. The van der Waals surface area contributed by atoms with Crippen LogP contribution in [0.1, 0.15) is 61.8 Å². The number of benzene rings is 2. The second kappa shape index (κ2) is 26.8. The smallest absolute Gasteiger partial charge is 0.122 e. The van der Waals surface area contributed by atoms with Crippen molar-refractivity contribution < 1.29 is 9.47 Å². The van der Waals surface area contributed by atoms with Crippen LogP contribution in [0.2, 0.25) is 177 Å².